The number of phenols is 2. The van der Waals surface area contributed by atoms with Crippen LogP contribution in [0.4, 0.5) is 0 Å². The molecule has 0 heterocycles. The third-order valence-corrected chi connectivity index (χ3v) is 4.61. The number of hydrogen-bond donors (Lipinski definition) is 3. The van der Waals surface area contributed by atoms with Crippen LogP contribution in [0, 0.1) is 6.92 Å². The molecule has 3 N–H and O–H groups in total. The van der Waals surface area contributed by atoms with Gasteiger partial charge in [0.2, 0.25) is 0 Å². The number of aliphatic hydroxyl groups is 1. The minimum atomic E-state index is -0.130. The molecule has 0 aromatic heterocycles. The van der Waals surface area contributed by atoms with Crippen LogP contribution < -0.4 is 0 Å². The number of aliphatic hydroxyl groups excluding tert-OH is 1. The molecule has 128 valence electrons. The number of aromatic hydroxyl groups is 2. The van der Waals surface area contributed by atoms with Gasteiger partial charge in [0.1, 0.15) is 11.5 Å². The average Bonchev–Trinajstić information content (AvgIpc) is 2.63. The Bertz CT molecular complexity index is 760. The van der Waals surface area contributed by atoms with E-state index < -0.39 is 0 Å². The standard InChI is InChI=1S/C22H22O3/c1-15-2-4-16(5-3-15)21(14-23)22(17-6-10-19(24)11-7-17)18-8-12-20(25)13-9-18/h2-13,21-25H,14H2,1H3. The van der Waals surface area contributed by atoms with E-state index in [0.29, 0.717) is 0 Å². The van der Waals surface area contributed by atoms with Gasteiger partial charge in [-0.15, -0.1) is 0 Å². The fraction of sp³-hybridized carbons (Fsp3) is 0.182. The highest BCUT2D eigenvalue weighted by molar-refractivity contribution is 5.42. The van der Waals surface area contributed by atoms with Gasteiger partial charge in [-0.3, -0.25) is 0 Å². The molecule has 0 saturated heterocycles. The molecular formula is C22H22O3. The van der Waals surface area contributed by atoms with Gasteiger partial charge in [0.05, 0.1) is 6.61 Å². The van der Waals surface area contributed by atoms with Gasteiger partial charge in [0.15, 0.2) is 0 Å². The summed E-state index contributed by atoms with van der Waals surface area (Å²) in [5, 5.41) is 29.4. The summed E-state index contributed by atoms with van der Waals surface area (Å²) in [7, 11) is 0. The number of aryl methyl sites for hydroxylation is 1. The Labute approximate surface area is 147 Å². The summed E-state index contributed by atoms with van der Waals surface area (Å²) in [6, 6.07) is 22.3. The maximum absolute atomic E-state index is 10.2. The van der Waals surface area contributed by atoms with Crippen LogP contribution in [0.15, 0.2) is 72.8 Å². The second kappa shape index (κ2) is 7.41. The zero-order chi connectivity index (χ0) is 17.8. The number of hydrogen-bond acceptors (Lipinski definition) is 3. The molecule has 25 heavy (non-hydrogen) atoms. The van der Waals surface area contributed by atoms with Gasteiger partial charge in [-0.05, 0) is 47.9 Å². The van der Waals surface area contributed by atoms with Crippen molar-refractivity contribution in [2.24, 2.45) is 0 Å². The molecule has 0 aliphatic rings. The molecule has 1 atom stereocenters. The molecule has 0 bridgehead atoms. The van der Waals surface area contributed by atoms with Gasteiger partial charge in [0, 0.05) is 11.8 Å². The quantitative estimate of drug-likeness (QED) is 0.651. The first-order valence-corrected chi connectivity index (χ1v) is 8.34. The van der Waals surface area contributed by atoms with Crippen molar-refractivity contribution in [1.29, 1.82) is 0 Å². The Morgan fingerprint density at radius 3 is 1.44 bits per heavy atom. The first-order chi connectivity index (χ1) is 12.1. The van der Waals surface area contributed by atoms with E-state index in [4.69, 9.17) is 0 Å². The molecule has 0 saturated carbocycles. The van der Waals surface area contributed by atoms with Gasteiger partial charge in [0.25, 0.3) is 0 Å². The Kier molecular flexibility index (Phi) is 5.05. The molecule has 0 fully saturated rings. The van der Waals surface area contributed by atoms with E-state index in [-0.39, 0.29) is 29.9 Å². The SMILES string of the molecule is Cc1ccc(C(CO)C(c2ccc(O)cc2)c2ccc(O)cc2)cc1. The van der Waals surface area contributed by atoms with Gasteiger partial charge >= 0.3 is 0 Å². The lowest BCUT2D eigenvalue weighted by Gasteiger charge is -2.27. The van der Waals surface area contributed by atoms with Crippen LogP contribution in [0.3, 0.4) is 0 Å². The molecule has 1 unspecified atom stereocenters. The summed E-state index contributed by atoms with van der Waals surface area (Å²) in [4.78, 5) is 0. The van der Waals surface area contributed by atoms with Crippen molar-refractivity contribution in [3.05, 3.63) is 95.1 Å². The fourth-order valence-electron chi connectivity index (χ4n) is 3.24. The minimum Gasteiger partial charge on any atom is -0.508 e. The van der Waals surface area contributed by atoms with Crippen LogP contribution in [0.1, 0.15) is 34.1 Å². The third-order valence-electron chi connectivity index (χ3n) is 4.61. The summed E-state index contributed by atoms with van der Waals surface area (Å²) < 4.78 is 0. The van der Waals surface area contributed by atoms with Crippen LogP contribution in [-0.4, -0.2) is 21.9 Å². The summed E-state index contributed by atoms with van der Waals surface area (Å²) in [5.41, 5.74) is 4.23. The molecule has 0 radical (unpaired) electrons. The van der Waals surface area contributed by atoms with Crippen molar-refractivity contribution < 1.29 is 15.3 Å². The highest BCUT2D eigenvalue weighted by atomic mass is 16.3. The van der Waals surface area contributed by atoms with E-state index in [1.807, 2.05) is 55.5 Å². The van der Waals surface area contributed by atoms with E-state index in [0.717, 1.165) is 16.7 Å². The zero-order valence-corrected chi connectivity index (χ0v) is 14.1. The van der Waals surface area contributed by atoms with Crippen molar-refractivity contribution in [2.75, 3.05) is 6.61 Å². The fourth-order valence-corrected chi connectivity index (χ4v) is 3.24. The molecule has 0 amide bonds. The molecule has 3 aromatic rings. The van der Waals surface area contributed by atoms with Gasteiger partial charge < -0.3 is 15.3 Å². The highest BCUT2D eigenvalue weighted by Crippen LogP contribution is 2.39. The average molecular weight is 334 g/mol. The van der Waals surface area contributed by atoms with E-state index in [1.165, 1.54) is 5.56 Å². The van der Waals surface area contributed by atoms with Crippen LogP contribution in [0.5, 0.6) is 11.5 Å². The summed E-state index contributed by atoms with van der Waals surface area (Å²) in [6.07, 6.45) is 0. The van der Waals surface area contributed by atoms with Crippen molar-refractivity contribution in [3.8, 4) is 11.5 Å². The Hall–Kier alpha value is -2.78. The maximum Gasteiger partial charge on any atom is 0.115 e. The van der Waals surface area contributed by atoms with Crippen LogP contribution >= 0.6 is 0 Å². The normalized spacial score (nSPS) is 12.3. The van der Waals surface area contributed by atoms with Gasteiger partial charge in [-0.2, -0.15) is 0 Å². The highest BCUT2D eigenvalue weighted by Gasteiger charge is 2.26. The van der Waals surface area contributed by atoms with E-state index in [2.05, 4.69) is 0 Å². The Morgan fingerprint density at radius 2 is 1.04 bits per heavy atom. The second-order valence-electron chi connectivity index (χ2n) is 6.36. The molecule has 0 aliphatic heterocycles. The third kappa shape index (κ3) is 3.83. The number of benzene rings is 3. The van der Waals surface area contributed by atoms with Crippen LogP contribution in [0.2, 0.25) is 0 Å². The predicted octanol–water partition coefficient (Wildman–Crippen LogP) is 4.31. The predicted molar refractivity (Wildman–Crippen MR) is 99.1 cm³/mol. The Balaban J connectivity index is 2.09. The lowest BCUT2D eigenvalue weighted by molar-refractivity contribution is 0.255. The first kappa shape index (κ1) is 17.1. The van der Waals surface area contributed by atoms with Crippen molar-refractivity contribution in [3.63, 3.8) is 0 Å². The van der Waals surface area contributed by atoms with E-state index >= 15 is 0 Å². The molecule has 0 aliphatic carbocycles. The van der Waals surface area contributed by atoms with Crippen LogP contribution in [-0.2, 0) is 0 Å². The Morgan fingerprint density at radius 1 is 0.640 bits per heavy atom. The van der Waals surface area contributed by atoms with Gasteiger partial charge in [-0.25, -0.2) is 0 Å². The molecular weight excluding hydrogens is 312 g/mol. The zero-order valence-electron chi connectivity index (χ0n) is 14.1. The maximum atomic E-state index is 10.2. The topological polar surface area (TPSA) is 60.7 Å². The molecule has 3 aromatic carbocycles. The summed E-state index contributed by atoms with van der Waals surface area (Å²) in [5.74, 6) is 0.205. The smallest absolute Gasteiger partial charge is 0.115 e. The van der Waals surface area contributed by atoms with Crippen molar-refractivity contribution in [2.45, 2.75) is 18.8 Å². The molecule has 0 spiro atoms. The number of rotatable bonds is 5. The summed E-state index contributed by atoms with van der Waals surface area (Å²) in [6.45, 7) is 2.03. The second-order valence-corrected chi connectivity index (χ2v) is 6.36. The lowest BCUT2D eigenvalue weighted by Crippen LogP contribution is -2.16. The summed E-state index contributed by atoms with van der Waals surface area (Å²) >= 11 is 0. The lowest BCUT2D eigenvalue weighted by atomic mass is 9.77. The van der Waals surface area contributed by atoms with E-state index in [9.17, 15) is 15.3 Å². The molecule has 3 heteroatoms. The first-order valence-electron chi connectivity index (χ1n) is 8.34. The van der Waals surface area contributed by atoms with E-state index in [1.54, 1.807) is 24.3 Å². The monoisotopic (exact) mass is 334 g/mol. The van der Waals surface area contributed by atoms with Gasteiger partial charge in [-0.1, -0.05) is 54.1 Å². The molecule has 3 rings (SSSR count). The van der Waals surface area contributed by atoms with Crippen LogP contribution in [0.25, 0.3) is 0 Å². The number of phenolic OH excluding ortho intramolecular Hbond substituents is 2. The molecule has 3 nitrogen and oxygen atoms in total. The van der Waals surface area contributed by atoms with Crippen molar-refractivity contribution in [1.82, 2.24) is 0 Å². The van der Waals surface area contributed by atoms with Crippen molar-refractivity contribution >= 4 is 0 Å². The largest absolute Gasteiger partial charge is 0.508 e. The minimum absolute atomic E-state index is 0.00448.